The number of fused-ring (bicyclic) bond motifs is 1. The largest absolute Gasteiger partial charge is 0.327 e. The molecular weight excluding hydrogens is 232 g/mol. The van der Waals surface area contributed by atoms with E-state index in [-0.39, 0.29) is 0 Å². The van der Waals surface area contributed by atoms with Gasteiger partial charge in [0.15, 0.2) is 0 Å². The van der Waals surface area contributed by atoms with Gasteiger partial charge in [-0.2, -0.15) is 0 Å². The summed E-state index contributed by atoms with van der Waals surface area (Å²) in [5, 5.41) is 1.23. The maximum Gasteiger partial charge on any atom is 0.0702 e. The second-order valence-electron chi connectivity index (χ2n) is 5.81. The average Bonchev–Trinajstić information content (AvgIpc) is 2.47. The van der Waals surface area contributed by atoms with E-state index in [9.17, 15) is 0 Å². The lowest BCUT2D eigenvalue weighted by Crippen LogP contribution is -2.34. The van der Waals surface area contributed by atoms with E-state index in [1.165, 1.54) is 30.2 Å². The molecule has 19 heavy (non-hydrogen) atoms. The third-order valence-corrected chi connectivity index (χ3v) is 4.64. The normalized spacial score (nSPS) is 27.6. The number of pyridine rings is 1. The summed E-state index contributed by atoms with van der Waals surface area (Å²) in [4.78, 5) is 4.39. The monoisotopic (exact) mass is 254 g/mol. The zero-order valence-corrected chi connectivity index (χ0v) is 11.5. The molecule has 0 bridgehead atoms. The average molecular weight is 254 g/mol. The molecule has 3 rings (SSSR count). The molecule has 2 N–H and O–H groups in total. The van der Waals surface area contributed by atoms with Gasteiger partial charge in [-0.1, -0.05) is 25.5 Å². The fourth-order valence-electron chi connectivity index (χ4n) is 3.36. The maximum absolute atomic E-state index is 6.36. The van der Waals surface area contributed by atoms with E-state index in [0.717, 1.165) is 17.9 Å². The van der Waals surface area contributed by atoms with Crippen molar-refractivity contribution in [2.45, 2.75) is 44.6 Å². The van der Waals surface area contributed by atoms with Gasteiger partial charge in [-0.25, -0.2) is 0 Å². The molecule has 2 nitrogen and oxygen atoms in total. The van der Waals surface area contributed by atoms with Crippen LogP contribution in [0.3, 0.4) is 0 Å². The predicted molar refractivity (Wildman–Crippen MR) is 80.1 cm³/mol. The van der Waals surface area contributed by atoms with Crippen LogP contribution in [0.15, 0.2) is 36.5 Å². The number of benzene rings is 1. The molecule has 1 heterocycles. The lowest BCUT2D eigenvalue weighted by atomic mass is 9.74. The fraction of sp³-hybridized carbons (Fsp3) is 0.471. The van der Waals surface area contributed by atoms with E-state index in [2.05, 4.69) is 36.2 Å². The minimum atomic E-state index is 0.317. The smallest absolute Gasteiger partial charge is 0.0702 e. The van der Waals surface area contributed by atoms with Gasteiger partial charge < -0.3 is 5.73 Å². The van der Waals surface area contributed by atoms with Crippen LogP contribution < -0.4 is 5.73 Å². The van der Waals surface area contributed by atoms with Crippen LogP contribution >= 0.6 is 0 Å². The molecule has 0 spiro atoms. The van der Waals surface area contributed by atoms with Crippen LogP contribution in [0.1, 0.15) is 44.1 Å². The number of hydrogen-bond donors (Lipinski definition) is 1. The molecule has 1 fully saturated rings. The number of nitrogens with two attached hydrogens (primary N) is 1. The van der Waals surface area contributed by atoms with Crippen molar-refractivity contribution in [3.8, 4) is 0 Å². The lowest BCUT2D eigenvalue weighted by Gasteiger charge is -2.34. The Balaban J connectivity index is 1.93. The van der Waals surface area contributed by atoms with Crippen molar-refractivity contribution in [3.05, 3.63) is 42.1 Å². The Morgan fingerprint density at radius 2 is 2.16 bits per heavy atom. The first-order valence-corrected chi connectivity index (χ1v) is 7.38. The van der Waals surface area contributed by atoms with Crippen LogP contribution in [0.25, 0.3) is 10.9 Å². The summed E-state index contributed by atoms with van der Waals surface area (Å²) in [6.07, 6.45) is 6.82. The molecule has 3 atom stereocenters. The summed E-state index contributed by atoms with van der Waals surface area (Å²) in [7, 11) is 0. The molecule has 1 saturated carbocycles. The summed E-state index contributed by atoms with van der Waals surface area (Å²) >= 11 is 0. The van der Waals surface area contributed by atoms with Crippen molar-refractivity contribution in [1.82, 2.24) is 4.98 Å². The topological polar surface area (TPSA) is 38.9 Å². The Hall–Kier alpha value is -1.41. The highest BCUT2D eigenvalue weighted by Gasteiger charge is 2.28. The van der Waals surface area contributed by atoms with Crippen molar-refractivity contribution < 1.29 is 0 Å². The SMILES string of the molecule is CCC1CCC(N)C(c2ccc3ncccc3c2)C1. The van der Waals surface area contributed by atoms with Gasteiger partial charge in [-0.05, 0) is 54.9 Å². The highest BCUT2D eigenvalue weighted by atomic mass is 14.7. The van der Waals surface area contributed by atoms with Crippen molar-refractivity contribution in [3.63, 3.8) is 0 Å². The van der Waals surface area contributed by atoms with Gasteiger partial charge in [-0.15, -0.1) is 0 Å². The van der Waals surface area contributed by atoms with E-state index < -0.39 is 0 Å². The molecule has 1 aromatic carbocycles. The van der Waals surface area contributed by atoms with Crippen LogP contribution in [0.4, 0.5) is 0 Å². The molecule has 1 aliphatic rings. The molecule has 1 aliphatic carbocycles. The van der Waals surface area contributed by atoms with Crippen molar-refractivity contribution >= 4 is 10.9 Å². The molecule has 2 heteroatoms. The molecule has 1 aromatic heterocycles. The quantitative estimate of drug-likeness (QED) is 0.884. The molecule has 100 valence electrons. The number of nitrogens with zero attached hydrogens (tertiary/aromatic N) is 1. The van der Waals surface area contributed by atoms with Gasteiger partial charge in [0.1, 0.15) is 0 Å². The molecule has 0 aliphatic heterocycles. The highest BCUT2D eigenvalue weighted by molar-refractivity contribution is 5.79. The predicted octanol–water partition coefficient (Wildman–Crippen LogP) is 3.86. The van der Waals surface area contributed by atoms with Crippen molar-refractivity contribution in [2.24, 2.45) is 11.7 Å². The Bertz CT molecular complexity index is 564. The highest BCUT2D eigenvalue weighted by Crippen LogP contribution is 2.37. The van der Waals surface area contributed by atoms with Crippen molar-refractivity contribution in [1.29, 1.82) is 0 Å². The van der Waals surface area contributed by atoms with Crippen LogP contribution in [-0.2, 0) is 0 Å². The number of rotatable bonds is 2. The first-order chi connectivity index (χ1) is 9.28. The maximum atomic E-state index is 6.36. The van der Waals surface area contributed by atoms with E-state index >= 15 is 0 Å². The van der Waals surface area contributed by atoms with Gasteiger partial charge in [0.2, 0.25) is 0 Å². The van der Waals surface area contributed by atoms with Gasteiger partial charge in [0, 0.05) is 17.6 Å². The molecule has 0 amide bonds. The standard InChI is InChI=1S/C17H22N2/c1-2-12-5-7-16(18)15(10-12)13-6-8-17-14(11-13)4-3-9-19-17/h3-4,6,8-9,11-12,15-16H,2,5,7,10,18H2,1H3. The lowest BCUT2D eigenvalue weighted by molar-refractivity contribution is 0.282. The molecular formula is C17H22N2. The summed E-state index contributed by atoms with van der Waals surface area (Å²) in [5.74, 6) is 1.36. The van der Waals surface area contributed by atoms with Crippen LogP contribution in [0, 0.1) is 5.92 Å². The summed E-state index contributed by atoms with van der Waals surface area (Å²) in [6, 6.07) is 11.1. The summed E-state index contributed by atoms with van der Waals surface area (Å²) in [6.45, 7) is 2.29. The first-order valence-electron chi connectivity index (χ1n) is 7.38. The van der Waals surface area contributed by atoms with Gasteiger partial charge in [0.05, 0.1) is 5.52 Å². The molecule has 2 aromatic rings. The van der Waals surface area contributed by atoms with Gasteiger partial charge in [0.25, 0.3) is 0 Å². The fourth-order valence-corrected chi connectivity index (χ4v) is 3.36. The molecule has 3 unspecified atom stereocenters. The Kier molecular flexibility index (Phi) is 3.52. The third-order valence-electron chi connectivity index (χ3n) is 4.64. The van der Waals surface area contributed by atoms with Crippen molar-refractivity contribution in [2.75, 3.05) is 0 Å². The Morgan fingerprint density at radius 3 is 3.00 bits per heavy atom. The Morgan fingerprint density at radius 1 is 1.26 bits per heavy atom. The second-order valence-corrected chi connectivity index (χ2v) is 5.81. The van der Waals surface area contributed by atoms with Crippen LogP contribution in [-0.4, -0.2) is 11.0 Å². The summed E-state index contributed by atoms with van der Waals surface area (Å²) in [5.41, 5.74) is 8.82. The van der Waals surface area contributed by atoms with E-state index in [1.807, 2.05) is 12.3 Å². The third kappa shape index (κ3) is 2.50. The summed E-state index contributed by atoms with van der Waals surface area (Å²) < 4.78 is 0. The molecule has 0 saturated heterocycles. The van der Waals surface area contributed by atoms with Crippen LogP contribution in [0.5, 0.6) is 0 Å². The first kappa shape index (κ1) is 12.6. The van der Waals surface area contributed by atoms with E-state index in [4.69, 9.17) is 5.73 Å². The number of aromatic nitrogens is 1. The van der Waals surface area contributed by atoms with E-state index in [1.54, 1.807) is 0 Å². The van der Waals surface area contributed by atoms with Gasteiger partial charge >= 0.3 is 0 Å². The second kappa shape index (κ2) is 5.30. The molecule has 0 radical (unpaired) electrons. The minimum Gasteiger partial charge on any atom is -0.327 e. The van der Waals surface area contributed by atoms with Gasteiger partial charge in [-0.3, -0.25) is 4.98 Å². The minimum absolute atomic E-state index is 0.317. The van der Waals surface area contributed by atoms with Crippen LogP contribution in [0.2, 0.25) is 0 Å². The van der Waals surface area contributed by atoms with E-state index in [0.29, 0.717) is 12.0 Å². The zero-order chi connectivity index (χ0) is 13.2. The number of hydrogen-bond acceptors (Lipinski definition) is 2. The zero-order valence-electron chi connectivity index (χ0n) is 11.5. The Labute approximate surface area is 115 Å².